The molecule has 0 saturated carbocycles. The summed E-state index contributed by atoms with van der Waals surface area (Å²) in [7, 11) is 0. The van der Waals surface area contributed by atoms with Gasteiger partial charge >= 0.3 is 0 Å². The Morgan fingerprint density at radius 1 is 1.05 bits per heavy atom. The highest BCUT2D eigenvalue weighted by molar-refractivity contribution is 9.10. The smallest absolute Gasteiger partial charge is 0.293 e. The van der Waals surface area contributed by atoms with E-state index in [1.807, 2.05) is 0 Å². The van der Waals surface area contributed by atoms with E-state index in [-0.39, 0.29) is 10.9 Å². The molecule has 6 nitrogen and oxygen atoms in total. The number of carbonyl (C=O) groups is 2. The van der Waals surface area contributed by atoms with Crippen molar-refractivity contribution in [3.8, 4) is 0 Å². The second-order valence-corrected chi connectivity index (χ2v) is 5.60. The van der Waals surface area contributed by atoms with Gasteiger partial charge in [-0.25, -0.2) is 0 Å². The molecule has 1 heterocycles. The van der Waals surface area contributed by atoms with Crippen LogP contribution in [0.15, 0.2) is 45.5 Å². The van der Waals surface area contributed by atoms with Crippen LogP contribution in [0.1, 0.15) is 20.9 Å². The van der Waals surface area contributed by atoms with Crippen molar-refractivity contribution in [3.05, 3.63) is 57.4 Å². The Balaban J connectivity index is 1.83. The number of hydrogen-bond acceptors (Lipinski definition) is 4. The molecule has 3 N–H and O–H groups in total. The Kier molecular flexibility index (Phi) is 5.53. The van der Waals surface area contributed by atoms with Crippen molar-refractivity contribution in [2.24, 2.45) is 0 Å². The first-order chi connectivity index (χ1) is 10.5. The largest absolute Gasteiger partial charge is 0.444 e. The van der Waals surface area contributed by atoms with Crippen molar-refractivity contribution in [2.45, 2.75) is 0 Å². The number of thiocarbonyl (C=S) groups is 1. The summed E-state index contributed by atoms with van der Waals surface area (Å²) in [6.07, 6.45) is 0. The number of furan rings is 1. The van der Waals surface area contributed by atoms with Gasteiger partial charge in [0.25, 0.3) is 11.8 Å². The van der Waals surface area contributed by atoms with Crippen molar-refractivity contribution in [2.75, 3.05) is 0 Å². The summed E-state index contributed by atoms with van der Waals surface area (Å²) in [4.78, 5) is 23.5. The lowest BCUT2D eigenvalue weighted by molar-refractivity contribution is 0.0926. The lowest BCUT2D eigenvalue weighted by atomic mass is 10.2. The molecule has 1 aromatic heterocycles. The van der Waals surface area contributed by atoms with Gasteiger partial charge in [-0.2, -0.15) is 0 Å². The third kappa shape index (κ3) is 4.55. The topological polar surface area (TPSA) is 83.4 Å². The predicted octanol–water partition coefficient (Wildman–Crippen LogP) is 2.64. The first kappa shape index (κ1) is 16.5. The molecule has 0 radical (unpaired) electrons. The molecule has 2 amide bonds. The number of hydrazine groups is 1. The zero-order valence-electron chi connectivity index (χ0n) is 10.9. The summed E-state index contributed by atoms with van der Waals surface area (Å²) in [6, 6.07) is 9.35. The molecule has 0 bridgehead atoms. The molecule has 0 atom stereocenters. The fraction of sp³-hybridized carbons (Fsp3) is 0. The Morgan fingerprint density at radius 2 is 1.73 bits per heavy atom. The molecule has 0 aliphatic rings. The van der Waals surface area contributed by atoms with Crippen molar-refractivity contribution in [3.63, 3.8) is 0 Å². The molecular formula is C13H9BrClN3O3S. The van der Waals surface area contributed by atoms with Gasteiger partial charge in [-0.05, 0) is 64.5 Å². The molecule has 0 fully saturated rings. The van der Waals surface area contributed by atoms with Gasteiger partial charge in [0.2, 0.25) is 0 Å². The summed E-state index contributed by atoms with van der Waals surface area (Å²) in [5, 5.41) is 2.81. The minimum Gasteiger partial charge on any atom is -0.444 e. The van der Waals surface area contributed by atoms with E-state index < -0.39 is 11.8 Å². The van der Waals surface area contributed by atoms with E-state index in [4.69, 9.17) is 28.2 Å². The fourth-order valence-corrected chi connectivity index (χ4v) is 2.00. The molecule has 1 aromatic carbocycles. The maximum absolute atomic E-state index is 11.8. The molecule has 9 heteroatoms. The van der Waals surface area contributed by atoms with Crippen molar-refractivity contribution >= 4 is 56.7 Å². The van der Waals surface area contributed by atoms with E-state index in [0.29, 0.717) is 15.3 Å². The number of benzene rings is 1. The zero-order valence-corrected chi connectivity index (χ0v) is 14.0. The molecule has 0 saturated heterocycles. The molecule has 2 rings (SSSR count). The number of hydrogen-bond donors (Lipinski definition) is 3. The molecule has 0 unspecified atom stereocenters. The van der Waals surface area contributed by atoms with Crippen LogP contribution >= 0.6 is 39.7 Å². The van der Waals surface area contributed by atoms with Gasteiger partial charge in [-0.15, -0.1) is 0 Å². The van der Waals surface area contributed by atoms with Crippen LogP contribution in [-0.2, 0) is 0 Å². The Hall–Kier alpha value is -1.90. The minimum absolute atomic E-state index is 0.0696. The van der Waals surface area contributed by atoms with Crippen molar-refractivity contribution < 1.29 is 14.0 Å². The second-order valence-electron chi connectivity index (χ2n) is 3.97. The normalized spacial score (nSPS) is 9.91. The van der Waals surface area contributed by atoms with Crippen LogP contribution in [0.2, 0.25) is 5.02 Å². The predicted molar refractivity (Wildman–Crippen MR) is 88.5 cm³/mol. The van der Waals surface area contributed by atoms with Crippen LogP contribution < -0.4 is 16.2 Å². The van der Waals surface area contributed by atoms with Gasteiger partial charge in [0.15, 0.2) is 15.5 Å². The number of amides is 2. The Labute approximate surface area is 144 Å². The van der Waals surface area contributed by atoms with Gasteiger partial charge in [-0.1, -0.05) is 11.6 Å². The molecular weight excluding hydrogens is 394 g/mol. The zero-order chi connectivity index (χ0) is 16.1. The van der Waals surface area contributed by atoms with Crippen LogP contribution in [0.4, 0.5) is 0 Å². The van der Waals surface area contributed by atoms with Gasteiger partial charge in [0.05, 0.1) is 0 Å². The van der Waals surface area contributed by atoms with E-state index in [1.165, 1.54) is 6.07 Å². The SMILES string of the molecule is O=C(NNC(=S)NC(=O)c1ccc(Br)o1)c1ccc(Cl)cc1. The maximum Gasteiger partial charge on any atom is 0.293 e. The number of rotatable bonds is 2. The quantitative estimate of drug-likeness (QED) is 0.531. The summed E-state index contributed by atoms with van der Waals surface area (Å²) in [5.41, 5.74) is 5.16. The first-order valence-corrected chi connectivity index (χ1v) is 7.46. The van der Waals surface area contributed by atoms with Crippen LogP contribution in [0.5, 0.6) is 0 Å². The van der Waals surface area contributed by atoms with Crippen LogP contribution in [0.3, 0.4) is 0 Å². The number of nitrogens with one attached hydrogen (secondary N) is 3. The highest BCUT2D eigenvalue weighted by atomic mass is 79.9. The summed E-state index contributed by atoms with van der Waals surface area (Å²) in [5.74, 6) is -0.877. The van der Waals surface area contributed by atoms with Crippen LogP contribution in [0, 0.1) is 0 Å². The van der Waals surface area contributed by atoms with Crippen LogP contribution in [-0.4, -0.2) is 16.9 Å². The average molecular weight is 403 g/mol. The highest BCUT2D eigenvalue weighted by Gasteiger charge is 2.12. The molecule has 114 valence electrons. The third-order valence-electron chi connectivity index (χ3n) is 2.42. The minimum atomic E-state index is -0.538. The lowest BCUT2D eigenvalue weighted by Gasteiger charge is -2.10. The van der Waals surface area contributed by atoms with Gasteiger partial charge in [0, 0.05) is 10.6 Å². The average Bonchev–Trinajstić information content (AvgIpc) is 2.92. The Morgan fingerprint density at radius 3 is 2.32 bits per heavy atom. The highest BCUT2D eigenvalue weighted by Crippen LogP contribution is 2.13. The van der Waals surface area contributed by atoms with E-state index in [0.717, 1.165) is 0 Å². The molecule has 2 aromatic rings. The van der Waals surface area contributed by atoms with Crippen LogP contribution in [0.25, 0.3) is 0 Å². The molecule has 0 spiro atoms. The monoisotopic (exact) mass is 401 g/mol. The van der Waals surface area contributed by atoms with Gasteiger partial charge in [0.1, 0.15) is 0 Å². The molecule has 22 heavy (non-hydrogen) atoms. The second kappa shape index (κ2) is 7.39. The summed E-state index contributed by atoms with van der Waals surface area (Å²) < 4.78 is 5.49. The first-order valence-electron chi connectivity index (χ1n) is 5.88. The van der Waals surface area contributed by atoms with Gasteiger partial charge in [-0.3, -0.25) is 25.8 Å². The third-order valence-corrected chi connectivity index (χ3v) is 3.30. The van der Waals surface area contributed by atoms with E-state index in [9.17, 15) is 9.59 Å². The number of carbonyl (C=O) groups excluding carboxylic acids is 2. The maximum atomic E-state index is 11.8. The van der Waals surface area contributed by atoms with Crippen molar-refractivity contribution in [1.82, 2.24) is 16.2 Å². The molecule has 0 aliphatic heterocycles. The molecule has 0 aliphatic carbocycles. The van der Waals surface area contributed by atoms with E-state index in [2.05, 4.69) is 32.1 Å². The lowest BCUT2D eigenvalue weighted by Crippen LogP contribution is -2.48. The standard InChI is InChI=1S/C13H9BrClN3O3S/c14-10-6-5-9(21-10)12(20)16-13(22)18-17-11(19)7-1-3-8(15)4-2-7/h1-6H,(H,17,19)(H2,16,18,20,22). The summed E-state index contributed by atoms with van der Waals surface area (Å²) in [6.45, 7) is 0. The fourth-order valence-electron chi connectivity index (χ4n) is 1.42. The van der Waals surface area contributed by atoms with Crippen molar-refractivity contribution in [1.29, 1.82) is 0 Å². The summed E-state index contributed by atoms with van der Waals surface area (Å²) >= 11 is 13.7. The van der Waals surface area contributed by atoms with E-state index in [1.54, 1.807) is 30.3 Å². The van der Waals surface area contributed by atoms with Gasteiger partial charge < -0.3 is 4.42 Å². The number of halogens is 2. The van der Waals surface area contributed by atoms with E-state index >= 15 is 0 Å². The Bertz CT molecular complexity index is 718.